The minimum absolute atomic E-state index is 0.0263. The van der Waals surface area contributed by atoms with Crippen LogP contribution in [0.4, 0.5) is 22.0 Å². The lowest BCUT2D eigenvalue weighted by Crippen LogP contribution is -2.54. The normalized spacial score (nSPS) is 31.0. The lowest BCUT2D eigenvalue weighted by atomic mass is 9.70. The van der Waals surface area contributed by atoms with Gasteiger partial charge in [0.25, 0.3) is 0 Å². The van der Waals surface area contributed by atoms with E-state index in [9.17, 15) is 22.0 Å². The van der Waals surface area contributed by atoms with Crippen LogP contribution in [0.3, 0.4) is 0 Å². The van der Waals surface area contributed by atoms with Crippen LogP contribution in [0.1, 0.15) is 40.0 Å². The average molecular weight is 378 g/mol. The van der Waals surface area contributed by atoms with Crippen molar-refractivity contribution in [1.29, 1.82) is 0 Å². The molecule has 25 heavy (non-hydrogen) atoms. The van der Waals surface area contributed by atoms with Gasteiger partial charge in [-0.05, 0) is 49.1 Å². The van der Waals surface area contributed by atoms with Crippen LogP contribution < -0.4 is 5.19 Å². The topological polar surface area (TPSA) is 9.23 Å². The molecule has 1 aromatic carbocycles. The Balaban J connectivity index is 2.00. The molecule has 2 fully saturated rings. The first-order valence-corrected chi connectivity index (χ1v) is 11.4. The third-order valence-electron chi connectivity index (χ3n) is 6.96. The van der Waals surface area contributed by atoms with Crippen molar-refractivity contribution in [3.05, 3.63) is 29.1 Å². The summed E-state index contributed by atoms with van der Waals surface area (Å²) in [6, 6.07) is 0. The zero-order valence-electron chi connectivity index (χ0n) is 15.1. The van der Waals surface area contributed by atoms with Gasteiger partial charge >= 0.3 is 0 Å². The molecule has 0 N–H and O–H groups in total. The molecule has 140 valence electrons. The molecule has 1 nitrogen and oxygen atoms in total. The van der Waals surface area contributed by atoms with Crippen molar-refractivity contribution in [3.8, 4) is 0 Å². The third-order valence-corrected chi connectivity index (χ3v) is 9.48. The summed E-state index contributed by atoms with van der Waals surface area (Å²) < 4.78 is 75.2. The number of hydrogen-bond acceptors (Lipinski definition) is 1. The van der Waals surface area contributed by atoms with Crippen molar-refractivity contribution in [2.24, 2.45) is 16.7 Å². The van der Waals surface area contributed by atoms with Gasteiger partial charge in [0.2, 0.25) is 14.1 Å². The summed E-state index contributed by atoms with van der Waals surface area (Å²) in [6.07, 6.45) is 2.54. The van der Waals surface area contributed by atoms with Gasteiger partial charge in [-0.25, -0.2) is 22.0 Å². The van der Waals surface area contributed by atoms with E-state index >= 15 is 0 Å². The zero-order valence-corrected chi connectivity index (χ0v) is 16.1. The van der Waals surface area contributed by atoms with Gasteiger partial charge in [-0.15, -0.1) is 0 Å². The second-order valence-corrected chi connectivity index (χ2v) is 12.4. The highest BCUT2D eigenvalue weighted by Gasteiger charge is 2.62. The van der Waals surface area contributed by atoms with E-state index in [1.165, 1.54) is 13.1 Å². The van der Waals surface area contributed by atoms with Gasteiger partial charge in [-0.3, -0.25) is 0 Å². The van der Waals surface area contributed by atoms with E-state index < -0.39 is 42.6 Å². The maximum absolute atomic E-state index is 14.2. The fraction of sp³-hybridized carbons (Fsp3) is 0.667. The Kier molecular flexibility index (Phi) is 4.16. The molecule has 3 unspecified atom stereocenters. The number of benzene rings is 1. The van der Waals surface area contributed by atoms with E-state index in [1.54, 1.807) is 0 Å². The molecule has 0 saturated heterocycles. The van der Waals surface area contributed by atoms with Crippen molar-refractivity contribution >= 4 is 13.5 Å². The van der Waals surface area contributed by atoms with Crippen LogP contribution in [-0.4, -0.2) is 14.4 Å². The van der Waals surface area contributed by atoms with Crippen LogP contribution in [0.25, 0.3) is 0 Å². The molecule has 2 aliphatic carbocycles. The number of halogens is 5. The molecule has 0 heterocycles. The Hall–Kier alpha value is -0.953. The molecular weight excluding hydrogens is 355 g/mol. The summed E-state index contributed by atoms with van der Waals surface area (Å²) in [7, 11) is -3.36. The van der Waals surface area contributed by atoms with Crippen LogP contribution in [0.15, 0.2) is 0 Å². The predicted octanol–water partition coefficient (Wildman–Crippen LogP) is 5.03. The lowest BCUT2D eigenvalue weighted by Gasteiger charge is -2.42. The van der Waals surface area contributed by atoms with E-state index in [2.05, 4.69) is 20.8 Å². The van der Waals surface area contributed by atoms with Gasteiger partial charge in [0.15, 0.2) is 23.3 Å². The largest absolute Gasteiger partial charge is 0.409 e. The lowest BCUT2D eigenvalue weighted by molar-refractivity contribution is 0.0260. The third kappa shape index (κ3) is 2.41. The van der Waals surface area contributed by atoms with Gasteiger partial charge in [-0.1, -0.05) is 20.8 Å². The van der Waals surface area contributed by atoms with Gasteiger partial charge in [-0.2, -0.15) is 0 Å². The minimum atomic E-state index is -3.36. The highest BCUT2D eigenvalue weighted by molar-refractivity contribution is 6.84. The maximum atomic E-state index is 14.2. The maximum Gasteiger partial charge on any atom is 0.225 e. The molecule has 0 aliphatic heterocycles. The Morgan fingerprint density at radius 1 is 0.880 bits per heavy atom. The molecule has 7 heteroatoms. The van der Waals surface area contributed by atoms with Gasteiger partial charge in [0.1, 0.15) is 0 Å². The first-order valence-electron chi connectivity index (χ1n) is 8.54. The first kappa shape index (κ1) is 18.8. The summed E-state index contributed by atoms with van der Waals surface area (Å²) in [5.74, 6) is -9.02. The highest BCUT2D eigenvalue weighted by Crippen LogP contribution is 2.66. The van der Waals surface area contributed by atoms with Crippen LogP contribution in [0.5, 0.6) is 0 Å². The van der Waals surface area contributed by atoms with Crippen molar-refractivity contribution < 1.29 is 26.4 Å². The van der Waals surface area contributed by atoms with Crippen LogP contribution in [0, 0.1) is 45.8 Å². The predicted molar refractivity (Wildman–Crippen MR) is 87.5 cm³/mol. The minimum Gasteiger partial charge on any atom is -0.409 e. The standard InChI is InChI=1S/C18H23F5OSi/c1-17(2)9-6-7-18(17,3)10(8-9)24-25(4,5)16-14(22)12(20)11(19)13(21)15(16)23/h9-10H,6-8H2,1-5H3. The summed E-state index contributed by atoms with van der Waals surface area (Å²) in [4.78, 5) is 0. The van der Waals surface area contributed by atoms with Gasteiger partial charge in [0, 0.05) is 5.19 Å². The summed E-state index contributed by atoms with van der Waals surface area (Å²) in [5.41, 5.74) is -0.134. The monoisotopic (exact) mass is 378 g/mol. The van der Waals surface area contributed by atoms with Crippen molar-refractivity contribution in [3.63, 3.8) is 0 Å². The van der Waals surface area contributed by atoms with Crippen LogP contribution in [0.2, 0.25) is 13.1 Å². The van der Waals surface area contributed by atoms with Gasteiger partial charge in [0.05, 0.1) is 6.10 Å². The Morgan fingerprint density at radius 2 is 1.36 bits per heavy atom. The summed E-state index contributed by atoms with van der Waals surface area (Å²) >= 11 is 0. The molecule has 1 aromatic rings. The number of hydrogen-bond donors (Lipinski definition) is 0. The van der Waals surface area contributed by atoms with Crippen molar-refractivity contribution in [2.45, 2.75) is 59.2 Å². The van der Waals surface area contributed by atoms with Crippen molar-refractivity contribution in [2.75, 3.05) is 0 Å². The molecule has 0 aromatic heterocycles. The van der Waals surface area contributed by atoms with Gasteiger partial charge < -0.3 is 4.43 Å². The zero-order chi connectivity index (χ0) is 18.9. The molecule has 0 amide bonds. The fourth-order valence-electron chi connectivity index (χ4n) is 4.86. The molecule has 0 radical (unpaired) electrons. The molecule has 3 atom stereocenters. The first-order chi connectivity index (χ1) is 11.3. The molecule has 2 saturated carbocycles. The van der Waals surface area contributed by atoms with E-state index in [0.29, 0.717) is 5.92 Å². The van der Waals surface area contributed by atoms with E-state index in [1.807, 2.05) is 0 Å². The highest BCUT2D eigenvalue weighted by atomic mass is 28.4. The quantitative estimate of drug-likeness (QED) is 0.310. The van der Waals surface area contributed by atoms with E-state index in [0.717, 1.165) is 19.3 Å². The molecule has 2 bridgehead atoms. The SMILES string of the molecule is CC1(C)C2CCC1(C)C(O[Si](C)(C)c1c(F)c(F)c(F)c(F)c1F)C2. The molecule has 0 spiro atoms. The Bertz CT molecular complexity index is 704. The molecule has 2 aliphatic rings. The Labute approximate surface area is 145 Å². The summed E-state index contributed by atoms with van der Waals surface area (Å²) in [6.45, 7) is 9.43. The van der Waals surface area contributed by atoms with Crippen LogP contribution >= 0.6 is 0 Å². The Morgan fingerprint density at radius 3 is 1.76 bits per heavy atom. The smallest absolute Gasteiger partial charge is 0.225 e. The fourth-order valence-corrected chi connectivity index (χ4v) is 7.32. The average Bonchev–Trinajstić information content (AvgIpc) is 2.84. The molecule has 3 rings (SSSR count). The number of fused-ring (bicyclic) bond motifs is 2. The second kappa shape index (κ2) is 5.52. The van der Waals surface area contributed by atoms with E-state index in [-0.39, 0.29) is 16.9 Å². The van der Waals surface area contributed by atoms with Crippen molar-refractivity contribution in [1.82, 2.24) is 0 Å². The summed E-state index contributed by atoms with van der Waals surface area (Å²) in [5, 5.41) is -0.770. The van der Waals surface area contributed by atoms with Crippen LogP contribution in [-0.2, 0) is 4.43 Å². The van der Waals surface area contributed by atoms with E-state index in [4.69, 9.17) is 4.43 Å². The number of rotatable bonds is 3. The second-order valence-electron chi connectivity index (χ2n) is 8.67. The molecular formula is C18H23F5OSi.